The molecule has 3 N–H and O–H groups in total. The number of hydrogen-bond acceptors (Lipinski definition) is 6. The average molecular weight is 494 g/mol. The van der Waals surface area contributed by atoms with E-state index in [-0.39, 0.29) is 37.6 Å². The molecule has 2 aliphatic rings. The molecule has 0 radical (unpaired) electrons. The van der Waals surface area contributed by atoms with Crippen LogP contribution in [0.3, 0.4) is 0 Å². The van der Waals surface area contributed by atoms with Crippen molar-refractivity contribution in [1.82, 2.24) is 15.5 Å². The van der Waals surface area contributed by atoms with E-state index in [0.717, 1.165) is 6.42 Å². The largest absolute Gasteiger partial charge is 0.522 e. The minimum Gasteiger partial charge on any atom is -0.383 e. The number of halogens is 3. The van der Waals surface area contributed by atoms with Crippen LogP contribution in [0.5, 0.6) is 0 Å². The number of alkyl halides is 3. The first-order chi connectivity index (χ1) is 15.9. The third kappa shape index (κ3) is 8.53. The molecule has 0 aromatic heterocycles. The van der Waals surface area contributed by atoms with Gasteiger partial charge in [-0.2, -0.15) is 0 Å². The molecule has 194 valence electrons. The van der Waals surface area contributed by atoms with Crippen LogP contribution < -0.4 is 10.6 Å². The molecule has 0 aliphatic carbocycles. The van der Waals surface area contributed by atoms with Gasteiger partial charge in [-0.25, -0.2) is 0 Å². The number of ketones is 1. The van der Waals surface area contributed by atoms with Crippen LogP contribution in [0.25, 0.3) is 0 Å². The van der Waals surface area contributed by atoms with Gasteiger partial charge in [0, 0.05) is 19.0 Å². The number of rotatable bonds is 10. The minimum absolute atomic E-state index is 0.0476. The summed E-state index contributed by atoms with van der Waals surface area (Å²) in [6.45, 7) is 3.01. The van der Waals surface area contributed by atoms with Crippen molar-refractivity contribution in [3.05, 3.63) is 0 Å². The molecule has 0 aromatic carbocycles. The number of likely N-dealkylation sites (tertiary alicyclic amines) is 1. The smallest absolute Gasteiger partial charge is 0.383 e. The number of ether oxygens (including phenoxy) is 1. The quantitative estimate of drug-likeness (QED) is 0.421. The van der Waals surface area contributed by atoms with Crippen LogP contribution in [-0.4, -0.2) is 77.8 Å². The van der Waals surface area contributed by atoms with Gasteiger partial charge in [0.25, 0.3) is 5.91 Å². The van der Waals surface area contributed by atoms with Crippen molar-refractivity contribution < 1.29 is 42.2 Å². The number of aliphatic hydroxyl groups excluding tert-OH is 1. The summed E-state index contributed by atoms with van der Waals surface area (Å²) in [5.74, 6) is -3.24. The van der Waals surface area contributed by atoms with E-state index in [0.29, 0.717) is 25.8 Å². The van der Waals surface area contributed by atoms with E-state index in [1.54, 1.807) is 0 Å². The van der Waals surface area contributed by atoms with Crippen molar-refractivity contribution in [3.63, 3.8) is 0 Å². The van der Waals surface area contributed by atoms with Crippen LogP contribution in [0.15, 0.2) is 0 Å². The highest BCUT2D eigenvalue weighted by atomic mass is 19.4. The van der Waals surface area contributed by atoms with Gasteiger partial charge in [0.2, 0.25) is 11.8 Å². The first kappa shape index (κ1) is 28.0. The van der Waals surface area contributed by atoms with Crippen molar-refractivity contribution in [2.45, 2.75) is 83.3 Å². The van der Waals surface area contributed by atoms with Gasteiger partial charge in [-0.3, -0.25) is 23.9 Å². The summed E-state index contributed by atoms with van der Waals surface area (Å²) in [6.07, 6.45) is -3.57. The highest BCUT2D eigenvalue weighted by molar-refractivity contribution is 5.94. The summed E-state index contributed by atoms with van der Waals surface area (Å²) in [5.41, 5.74) is 0. The Kier molecular flexibility index (Phi) is 10.3. The van der Waals surface area contributed by atoms with Crippen LogP contribution in [-0.2, 0) is 23.9 Å². The molecule has 2 rings (SSSR count). The van der Waals surface area contributed by atoms with Gasteiger partial charge < -0.3 is 20.6 Å². The average Bonchev–Trinajstić information content (AvgIpc) is 2.99. The second kappa shape index (κ2) is 12.5. The zero-order valence-corrected chi connectivity index (χ0v) is 19.5. The lowest BCUT2D eigenvalue weighted by atomic mass is 9.95. The highest BCUT2D eigenvalue weighted by Crippen LogP contribution is 2.22. The zero-order valence-electron chi connectivity index (χ0n) is 19.5. The van der Waals surface area contributed by atoms with E-state index < -0.39 is 54.7 Å². The minimum atomic E-state index is -5.02. The van der Waals surface area contributed by atoms with E-state index in [2.05, 4.69) is 15.4 Å². The summed E-state index contributed by atoms with van der Waals surface area (Å²) in [7, 11) is 0. The van der Waals surface area contributed by atoms with Gasteiger partial charge in [-0.15, -0.1) is 13.2 Å². The SMILES string of the molecule is CC(C)C[C@@H](O)C(=O)N1CCCCC[C@H]1C(=O)N[C@@H](C[C@@H]1CCNC1=O)C(=O)COC(F)(F)F. The molecule has 0 bridgehead atoms. The Morgan fingerprint density at radius 3 is 2.50 bits per heavy atom. The fraction of sp³-hybridized carbons (Fsp3) is 0.818. The fourth-order valence-electron chi connectivity index (χ4n) is 4.33. The fourth-order valence-corrected chi connectivity index (χ4v) is 4.33. The van der Waals surface area contributed by atoms with E-state index in [9.17, 15) is 37.5 Å². The van der Waals surface area contributed by atoms with Gasteiger partial charge >= 0.3 is 6.36 Å². The van der Waals surface area contributed by atoms with Crippen LogP contribution >= 0.6 is 0 Å². The number of carbonyl (C=O) groups is 4. The predicted molar refractivity (Wildman–Crippen MR) is 114 cm³/mol. The second-order valence-electron chi connectivity index (χ2n) is 9.32. The zero-order chi connectivity index (χ0) is 25.5. The number of nitrogens with one attached hydrogen (secondary N) is 2. The Bertz CT molecular complexity index is 746. The lowest BCUT2D eigenvalue weighted by Gasteiger charge is -2.32. The molecule has 0 aromatic rings. The lowest BCUT2D eigenvalue weighted by molar-refractivity contribution is -0.321. The standard InChI is InChI=1S/C22H34F3N3O6/c1-13(2)10-17(29)21(33)28-9-5-3-4-6-16(28)20(32)27-15(11-14-7-8-26-19(14)31)18(30)12-34-22(23,24)25/h13-17,29H,3-12H2,1-2H3,(H,26,31)(H,27,32)/t14-,15-,16-,17+/m0/s1. The second-order valence-corrected chi connectivity index (χ2v) is 9.32. The first-order valence-electron chi connectivity index (χ1n) is 11.7. The molecular formula is C22H34F3N3O6. The number of amides is 3. The van der Waals surface area contributed by atoms with Crippen LogP contribution in [0.2, 0.25) is 0 Å². The maximum atomic E-state index is 13.2. The molecule has 9 nitrogen and oxygen atoms in total. The van der Waals surface area contributed by atoms with Gasteiger partial charge in [-0.1, -0.05) is 26.7 Å². The van der Waals surface area contributed by atoms with Gasteiger partial charge in [0.1, 0.15) is 18.8 Å². The summed E-state index contributed by atoms with van der Waals surface area (Å²) < 4.78 is 41.0. The maximum Gasteiger partial charge on any atom is 0.522 e. The van der Waals surface area contributed by atoms with Crippen molar-refractivity contribution in [3.8, 4) is 0 Å². The predicted octanol–water partition coefficient (Wildman–Crippen LogP) is 1.28. The van der Waals surface area contributed by atoms with E-state index in [1.165, 1.54) is 4.90 Å². The molecule has 3 amide bonds. The Hall–Kier alpha value is -2.21. The Morgan fingerprint density at radius 2 is 1.91 bits per heavy atom. The third-order valence-electron chi connectivity index (χ3n) is 6.08. The van der Waals surface area contributed by atoms with Crippen molar-refractivity contribution in [1.29, 1.82) is 0 Å². The molecule has 2 fully saturated rings. The van der Waals surface area contributed by atoms with Crippen molar-refractivity contribution in [2.24, 2.45) is 11.8 Å². The van der Waals surface area contributed by atoms with Gasteiger partial charge in [0.15, 0.2) is 5.78 Å². The molecule has 34 heavy (non-hydrogen) atoms. The summed E-state index contributed by atoms with van der Waals surface area (Å²) in [4.78, 5) is 51.8. The third-order valence-corrected chi connectivity index (χ3v) is 6.08. The topological polar surface area (TPSA) is 125 Å². The van der Waals surface area contributed by atoms with Gasteiger partial charge in [-0.05, 0) is 38.0 Å². The van der Waals surface area contributed by atoms with Gasteiger partial charge in [0.05, 0.1) is 6.04 Å². The number of Topliss-reactive ketones (excluding diaryl/α,β-unsaturated/α-hetero) is 1. The van der Waals surface area contributed by atoms with Crippen LogP contribution in [0.1, 0.15) is 58.8 Å². The summed E-state index contributed by atoms with van der Waals surface area (Å²) in [5, 5.41) is 15.4. The Labute approximate surface area is 196 Å². The first-order valence-corrected chi connectivity index (χ1v) is 11.7. The number of aliphatic hydroxyl groups is 1. The number of hydrogen-bond donors (Lipinski definition) is 3. The van der Waals surface area contributed by atoms with E-state index >= 15 is 0 Å². The molecular weight excluding hydrogens is 459 g/mol. The van der Waals surface area contributed by atoms with E-state index in [1.807, 2.05) is 13.8 Å². The van der Waals surface area contributed by atoms with E-state index in [4.69, 9.17) is 0 Å². The number of carbonyl (C=O) groups excluding carboxylic acids is 4. The molecule has 2 saturated heterocycles. The molecule has 0 unspecified atom stereocenters. The number of nitrogens with zero attached hydrogens (tertiary/aromatic N) is 1. The summed E-state index contributed by atoms with van der Waals surface area (Å²) >= 11 is 0. The molecule has 0 spiro atoms. The lowest BCUT2D eigenvalue weighted by Crippen LogP contribution is -2.55. The highest BCUT2D eigenvalue weighted by Gasteiger charge is 2.38. The molecule has 2 aliphatic heterocycles. The van der Waals surface area contributed by atoms with Crippen LogP contribution in [0, 0.1) is 11.8 Å². The molecule has 2 heterocycles. The van der Waals surface area contributed by atoms with Crippen molar-refractivity contribution in [2.75, 3.05) is 19.7 Å². The summed E-state index contributed by atoms with van der Waals surface area (Å²) in [6, 6.07) is -2.36. The van der Waals surface area contributed by atoms with Crippen molar-refractivity contribution >= 4 is 23.5 Å². The molecule has 0 saturated carbocycles. The Balaban J connectivity index is 2.17. The van der Waals surface area contributed by atoms with Crippen LogP contribution in [0.4, 0.5) is 13.2 Å². The monoisotopic (exact) mass is 493 g/mol. The maximum absolute atomic E-state index is 13.2. The Morgan fingerprint density at radius 1 is 1.21 bits per heavy atom. The molecule has 4 atom stereocenters. The normalized spacial score (nSPS) is 23.3. The molecule has 12 heteroatoms.